The van der Waals surface area contributed by atoms with Crippen molar-refractivity contribution in [3.05, 3.63) is 29.8 Å². The molecule has 0 bridgehead atoms. The summed E-state index contributed by atoms with van der Waals surface area (Å²) in [6.07, 6.45) is 4.38. The lowest BCUT2D eigenvalue weighted by Crippen LogP contribution is -2.39. The van der Waals surface area contributed by atoms with E-state index >= 15 is 0 Å². The van der Waals surface area contributed by atoms with Crippen LogP contribution in [0, 0.1) is 12.8 Å². The molecule has 0 N–H and O–H groups in total. The van der Waals surface area contributed by atoms with Gasteiger partial charge in [-0.25, -0.2) is 8.42 Å². The monoisotopic (exact) mass is 352 g/mol. The van der Waals surface area contributed by atoms with Crippen molar-refractivity contribution in [2.24, 2.45) is 5.92 Å². The number of para-hydroxylation sites is 1. The normalized spacial score (nSPS) is 18.5. The van der Waals surface area contributed by atoms with Gasteiger partial charge in [-0.2, -0.15) is 0 Å². The van der Waals surface area contributed by atoms with Crippen LogP contribution in [0.2, 0.25) is 0 Å². The van der Waals surface area contributed by atoms with Crippen LogP contribution in [0.15, 0.2) is 24.3 Å². The van der Waals surface area contributed by atoms with Gasteiger partial charge in [-0.15, -0.1) is 0 Å². The maximum absolute atomic E-state index is 12.3. The van der Waals surface area contributed by atoms with E-state index < -0.39 is 10.0 Å². The lowest BCUT2D eigenvalue weighted by molar-refractivity contribution is -0.132. The third-order valence-electron chi connectivity index (χ3n) is 4.55. The topological polar surface area (TPSA) is 57.7 Å². The number of rotatable bonds is 6. The molecular formula is C18H28N2O3S. The average molecular weight is 353 g/mol. The average Bonchev–Trinajstić information content (AvgIpc) is 2.51. The van der Waals surface area contributed by atoms with Crippen LogP contribution in [0.3, 0.4) is 0 Å². The first-order valence-electron chi connectivity index (χ1n) is 8.60. The molecule has 1 aromatic rings. The van der Waals surface area contributed by atoms with Crippen LogP contribution in [0.4, 0.5) is 5.69 Å². The zero-order chi connectivity index (χ0) is 17.7. The van der Waals surface area contributed by atoms with Gasteiger partial charge in [0.1, 0.15) is 0 Å². The predicted octanol–water partition coefficient (Wildman–Crippen LogP) is 2.80. The van der Waals surface area contributed by atoms with Gasteiger partial charge >= 0.3 is 0 Å². The number of aryl methyl sites for hydroxylation is 1. The summed E-state index contributed by atoms with van der Waals surface area (Å²) in [4.78, 5) is 14.3. The van der Waals surface area contributed by atoms with E-state index in [2.05, 4.69) is 6.92 Å². The number of hydrogen-bond acceptors (Lipinski definition) is 3. The molecule has 5 nitrogen and oxygen atoms in total. The highest BCUT2D eigenvalue weighted by Gasteiger charge is 2.22. The Hall–Kier alpha value is -1.56. The van der Waals surface area contributed by atoms with E-state index in [1.54, 1.807) is 0 Å². The van der Waals surface area contributed by atoms with Crippen molar-refractivity contribution in [2.75, 3.05) is 30.2 Å². The molecule has 0 radical (unpaired) electrons. The Balaban J connectivity index is 1.97. The van der Waals surface area contributed by atoms with E-state index in [-0.39, 0.29) is 5.91 Å². The third-order valence-corrected chi connectivity index (χ3v) is 5.73. The number of carbonyl (C=O) groups excluding carboxylic acids is 1. The molecular weight excluding hydrogens is 324 g/mol. The molecule has 1 aliphatic heterocycles. The number of nitrogens with zero attached hydrogens (tertiary/aromatic N) is 2. The Kier molecular flexibility index (Phi) is 6.27. The quantitative estimate of drug-likeness (QED) is 0.791. The van der Waals surface area contributed by atoms with Crippen molar-refractivity contribution in [1.29, 1.82) is 0 Å². The Morgan fingerprint density at radius 2 is 2.04 bits per heavy atom. The van der Waals surface area contributed by atoms with Gasteiger partial charge in [0.2, 0.25) is 15.9 Å². The van der Waals surface area contributed by atoms with Crippen molar-refractivity contribution in [2.45, 2.75) is 39.5 Å². The molecule has 1 saturated heterocycles. The molecule has 1 aromatic carbocycles. The summed E-state index contributed by atoms with van der Waals surface area (Å²) in [6, 6.07) is 7.43. The van der Waals surface area contributed by atoms with Crippen molar-refractivity contribution in [3.8, 4) is 0 Å². The SMILES string of the molecule is Cc1ccccc1N(CCCC(=O)N1CCCC(C)C1)S(C)(=O)=O. The van der Waals surface area contributed by atoms with Crippen molar-refractivity contribution >= 4 is 21.6 Å². The predicted molar refractivity (Wildman–Crippen MR) is 97.6 cm³/mol. The fraction of sp³-hybridized carbons (Fsp3) is 0.611. The van der Waals surface area contributed by atoms with Gasteiger partial charge in [0, 0.05) is 26.1 Å². The molecule has 1 amide bonds. The van der Waals surface area contributed by atoms with Crippen LogP contribution in [-0.2, 0) is 14.8 Å². The lowest BCUT2D eigenvalue weighted by Gasteiger charge is -2.31. The van der Waals surface area contributed by atoms with E-state index in [1.165, 1.54) is 17.0 Å². The largest absolute Gasteiger partial charge is 0.342 e. The first-order chi connectivity index (χ1) is 11.3. The highest BCUT2D eigenvalue weighted by molar-refractivity contribution is 7.92. The van der Waals surface area contributed by atoms with E-state index in [0.29, 0.717) is 31.0 Å². The second kappa shape index (κ2) is 8.01. The molecule has 0 spiro atoms. The van der Waals surface area contributed by atoms with E-state index in [4.69, 9.17) is 0 Å². The van der Waals surface area contributed by atoms with Crippen LogP contribution in [-0.4, -0.2) is 45.1 Å². The van der Waals surface area contributed by atoms with E-state index in [0.717, 1.165) is 25.1 Å². The van der Waals surface area contributed by atoms with Gasteiger partial charge in [-0.3, -0.25) is 9.10 Å². The molecule has 1 aliphatic rings. The number of benzene rings is 1. The van der Waals surface area contributed by atoms with Crippen LogP contribution in [0.25, 0.3) is 0 Å². The molecule has 6 heteroatoms. The summed E-state index contributed by atoms with van der Waals surface area (Å²) in [5.41, 5.74) is 1.61. The Morgan fingerprint density at radius 1 is 1.33 bits per heavy atom. The van der Waals surface area contributed by atoms with Gasteiger partial charge in [0.15, 0.2) is 0 Å². The minimum Gasteiger partial charge on any atom is -0.342 e. The van der Waals surface area contributed by atoms with E-state index in [1.807, 2.05) is 36.1 Å². The molecule has 1 heterocycles. The van der Waals surface area contributed by atoms with Gasteiger partial charge in [0.25, 0.3) is 0 Å². The number of carbonyl (C=O) groups is 1. The minimum absolute atomic E-state index is 0.139. The number of likely N-dealkylation sites (tertiary alicyclic amines) is 1. The molecule has 1 unspecified atom stereocenters. The highest BCUT2D eigenvalue weighted by Crippen LogP contribution is 2.23. The number of hydrogen-bond donors (Lipinski definition) is 0. The standard InChI is InChI=1S/C18H28N2O3S/c1-15-8-6-12-19(14-15)18(21)11-7-13-20(24(3,22)23)17-10-5-4-9-16(17)2/h4-5,9-10,15H,6-8,11-14H2,1-3H3. The fourth-order valence-electron chi connectivity index (χ4n) is 3.26. The summed E-state index contributed by atoms with van der Waals surface area (Å²) in [7, 11) is -3.36. The minimum atomic E-state index is -3.36. The molecule has 0 aliphatic carbocycles. The number of piperidine rings is 1. The lowest BCUT2D eigenvalue weighted by atomic mass is 10.00. The van der Waals surface area contributed by atoms with Crippen molar-refractivity contribution < 1.29 is 13.2 Å². The molecule has 0 saturated carbocycles. The van der Waals surface area contributed by atoms with Gasteiger partial charge < -0.3 is 4.90 Å². The summed E-state index contributed by atoms with van der Waals surface area (Å²) in [6.45, 7) is 6.05. The zero-order valence-corrected chi connectivity index (χ0v) is 15.7. The van der Waals surface area contributed by atoms with Gasteiger partial charge in [-0.05, 0) is 43.7 Å². The van der Waals surface area contributed by atoms with Gasteiger partial charge in [-0.1, -0.05) is 25.1 Å². The van der Waals surface area contributed by atoms with Gasteiger partial charge in [0.05, 0.1) is 11.9 Å². The van der Waals surface area contributed by atoms with Crippen LogP contribution in [0.1, 0.15) is 38.2 Å². The second-order valence-corrected chi connectivity index (χ2v) is 8.72. The molecule has 1 atom stereocenters. The van der Waals surface area contributed by atoms with Crippen LogP contribution in [0.5, 0.6) is 0 Å². The Labute approximate surface area is 145 Å². The van der Waals surface area contributed by atoms with Crippen molar-refractivity contribution in [3.63, 3.8) is 0 Å². The first kappa shape index (κ1) is 18.8. The number of anilines is 1. The molecule has 24 heavy (non-hydrogen) atoms. The third kappa shape index (κ3) is 4.97. The zero-order valence-electron chi connectivity index (χ0n) is 14.9. The Morgan fingerprint density at radius 3 is 2.67 bits per heavy atom. The molecule has 0 aromatic heterocycles. The summed E-state index contributed by atoms with van der Waals surface area (Å²) < 4.78 is 25.7. The maximum atomic E-state index is 12.3. The summed E-state index contributed by atoms with van der Waals surface area (Å²) in [5.74, 6) is 0.696. The van der Waals surface area contributed by atoms with Crippen LogP contribution >= 0.6 is 0 Å². The summed E-state index contributed by atoms with van der Waals surface area (Å²) >= 11 is 0. The van der Waals surface area contributed by atoms with Crippen LogP contribution < -0.4 is 4.31 Å². The second-order valence-electron chi connectivity index (χ2n) is 6.81. The fourth-order valence-corrected chi connectivity index (χ4v) is 4.28. The highest BCUT2D eigenvalue weighted by atomic mass is 32.2. The molecule has 2 rings (SSSR count). The smallest absolute Gasteiger partial charge is 0.232 e. The Bertz CT molecular complexity index is 673. The maximum Gasteiger partial charge on any atom is 0.232 e. The summed E-state index contributed by atoms with van der Waals surface area (Å²) in [5, 5.41) is 0. The molecule has 1 fully saturated rings. The number of amides is 1. The molecule has 134 valence electrons. The number of sulfonamides is 1. The van der Waals surface area contributed by atoms with Crippen molar-refractivity contribution in [1.82, 2.24) is 4.90 Å². The van der Waals surface area contributed by atoms with E-state index in [9.17, 15) is 13.2 Å². The first-order valence-corrected chi connectivity index (χ1v) is 10.4.